The van der Waals surface area contributed by atoms with Crippen molar-refractivity contribution < 1.29 is 9.53 Å². The Balaban J connectivity index is 1.24. The van der Waals surface area contributed by atoms with Crippen LogP contribution in [0.2, 0.25) is 0 Å². The Bertz CT molecular complexity index is 1060. The number of carbonyl (C=O) groups is 1. The van der Waals surface area contributed by atoms with Crippen molar-refractivity contribution >= 4 is 5.97 Å². The van der Waals surface area contributed by atoms with Gasteiger partial charge in [-0.05, 0) is 110 Å². The zero-order chi connectivity index (χ0) is 38.8. The van der Waals surface area contributed by atoms with E-state index in [0.717, 1.165) is 48.3 Å². The van der Waals surface area contributed by atoms with E-state index in [1.165, 1.54) is 186 Å². The molecule has 54 heavy (non-hydrogen) atoms. The maximum absolute atomic E-state index is 13.6. The minimum atomic E-state index is 0.103. The Kier molecular flexibility index (Phi) is 20.6. The van der Waals surface area contributed by atoms with E-state index in [2.05, 4.69) is 54.5 Å². The molecule has 3 saturated carbocycles. The number of unbranched alkanes of at least 4 members (excludes halogenated alkanes) is 16. The van der Waals surface area contributed by atoms with Gasteiger partial charge < -0.3 is 4.74 Å². The molecule has 0 aliphatic heterocycles. The van der Waals surface area contributed by atoms with Crippen molar-refractivity contribution in [2.45, 2.75) is 260 Å². The second-order valence-corrected chi connectivity index (χ2v) is 20.9. The van der Waals surface area contributed by atoms with Crippen molar-refractivity contribution in [1.29, 1.82) is 0 Å². The summed E-state index contributed by atoms with van der Waals surface area (Å²) in [4.78, 5) is 13.6. The molecule has 4 rings (SSSR count). The Hall–Kier alpha value is -0.790. The minimum Gasteiger partial charge on any atom is -0.462 e. The van der Waals surface area contributed by atoms with Crippen molar-refractivity contribution in [2.24, 2.45) is 52.3 Å². The normalized spacial score (nSPS) is 30.4. The quantitative estimate of drug-likeness (QED) is 0.0452. The van der Waals surface area contributed by atoms with Gasteiger partial charge in [-0.2, -0.15) is 0 Å². The Labute approximate surface area is 338 Å². The molecule has 0 saturated heterocycles. The van der Waals surface area contributed by atoms with Crippen molar-refractivity contribution in [3.8, 4) is 0 Å². The lowest BCUT2D eigenvalue weighted by molar-refractivity contribution is -0.152. The SMILES string of the molecule is CCCCCCCCCCCCC(CCCCCCCCCC)CC(=O)O[C@H]1CC[C@@]2(C)C(=CC[C@H]3[C@@H]4CC[C@H]([C@H](C)CCCC(C)C)[C@@]4(C)CC[C@@H]32)C1. The van der Waals surface area contributed by atoms with Crippen LogP contribution >= 0.6 is 0 Å². The molecule has 0 radical (unpaired) electrons. The van der Waals surface area contributed by atoms with Crippen molar-refractivity contribution in [1.82, 2.24) is 0 Å². The lowest BCUT2D eigenvalue weighted by atomic mass is 9.47. The van der Waals surface area contributed by atoms with Gasteiger partial charge in [0.05, 0.1) is 0 Å². The molecule has 0 bridgehead atoms. The van der Waals surface area contributed by atoms with Crippen LogP contribution in [0.25, 0.3) is 0 Å². The average molecular weight is 751 g/mol. The maximum Gasteiger partial charge on any atom is 0.306 e. The third kappa shape index (κ3) is 13.7. The van der Waals surface area contributed by atoms with Gasteiger partial charge in [-0.3, -0.25) is 4.79 Å². The van der Waals surface area contributed by atoms with Crippen molar-refractivity contribution in [3.05, 3.63) is 11.6 Å². The van der Waals surface area contributed by atoms with Gasteiger partial charge in [0, 0.05) is 12.8 Å². The van der Waals surface area contributed by atoms with Crippen LogP contribution in [0.5, 0.6) is 0 Å². The fraction of sp³-hybridized carbons (Fsp3) is 0.942. The first-order chi connectivity index (χ1) is 26.1. The topological polar surface area (TPSA) is 26.3 Å². The number of hydrogen-bond acceptors (Lipinski definition) is 2. The van der Waals surface area contributed by atoms with Crippen LogP contribution in [0.4, 0.5) is 0 Å². The first kappa shape index (κ1) is 45.9. The fourth-order valence-corrected chi connectivity index (χ4v) is 13.1. The Morgan fingerprint density at radius 3 is 1.81 bits per heavy atom. The third-order valence-electron chi connectivity index (χ3n) is 16.4. The molecule has 2 nitrogen and oxygen atoms in total. The largest absolute Gasteiger partial charge is 0.462 e. The van der Waals surface area contributed by atoms with Crippen LogP contribution < -0.4 is 0 Å². The maximum atomic E-state index is 13.6. The molecule has 2 heteroatoms. The second-order valence-electron chi connectivity index (χ2n) is 20.9. The first-order valence-corrected chi connectivity index (χ1v) is 25.0. The van der Waals surface area contributed by atoms with E-state index < -0.39 is 0 Å². The van der Waals surface area contributed by atoms with Gasteiger partial charge >= 0.3 is 5.97 Å². The van der Waals surface area contributed by atoms with E-state index in [0.29, 0.717) is 23.2 Å². The standard InChI is InChI=1S/C52H94O2/c1-8-10-12-14-16-18-19-21-23-25-30-43(29-24-22-20-17-15-13-11-9-2)39-50(53)54-45-35-37-51(6)44(40-45)31-32-46-48-34-33-47(42(5)28-26-27-41(3)4)52(48,7)38-36-49(46)51/h31,41-43,45-49H,8-30,32-40H2,1-7H3/t42-,43?,45+,46+,47-,48+,49+,51+,52-/m1/s1. The average Bonchev–Trinajstić information content (AvgIpc) is 3.50. The summed E-state index contributed by atoms with van der Waals surface area (Å²) >= 11 is 0. The van der Waals surface area contributed by atoms with E-state index in [-0.39, 0.29) is 12.1 Å². The van der Waals surface area contributed by atoms with Crippen LogP contribution in [-0.4, -0.2) is 12.1 Å². The summed E-state index contributed by atoms with van der Waals surface area (Å²) in [6.07, 6.45) is 45.2. The third-order valence-corrected chi connectivity index (χ3v) is 16.4. The number of hydrogen-bond donors (Lipinski definition) is 0. The molecule has 3 fully saturated rings. The summed E-state index contributed by atoms with van der Waals surface area (Å²) in [5.41, 5.74) is 2.53. The number of carbonyl (C=O) groups excluding carboxylic acids is 1. The van der Waals surface area contributed by atoms with Gasteiger partial charge in [0.15, 0.2) is 0 Å². The molecular formula is C52H94O2. The number of allylic oxidation sites excluding steroid dienone is 1. The van der Waals surface area contributed by atoms with E-state index in [1.807, 2.05) is 0 Å². The zero-order valence-electron chi connectivity index (χ0n) is 37.6. The Morgan fingerprint density at radius 1 is 0.667 bits per heavy atom. The molecule has 0 spiro atoms. The molecular weight excluding hydrogens is 657 g/mol. The van der Waals surface area contributed by atoms with Gasteiger partial charge in [-0.1, -0.05) is 195 Å². The van der Waals surface area contributed by atoms with Crippen LogP contribution in [-0.2, 0) is 9.53 Å². The van der Waals surface area contributed by atoms with Gasteiger partial charge in [-0.25, -0.2) is 0 Å². The fourth-order valence-electron chi connectivity index (χ4n) is 13.1. The molecule has 0 heterocycles. The van der Waals surface area contributed by atoms with Crippen LogP contribution in [0.1, 0.15) is 254 Å². The van der Waals surface area contributed by atoms with Crippen molar-refractivity contribution in [2.75, 3.05) is 0 Å². The van der Waals surface area contributed by atoms with E-state index in [4.69, 9.17) is 4.74 Å². The predicted molar refractivity (Wildman–Crippen MR) is 235 cm³/mol. The highest BCUT2D eigenvalue weighted by Crippen LogP contribution is 2.67. The highest BCUT2D eigenvalue weighted by atomic mass is 16.5. The molecule has 4 aliphatic rings. The smallest absolute Gasteiger partial charge is 0.306 e. The van der Waals surface area contributed by atoms with Crippen molar-refractivity contribution in [3.63, 3.8) is 0 Å². The molecule has 0 aromatic rings. The Morgan fingerprint density at radius 2 is 1.24 bits per heavy atom. The predicted octanol–water partition coefficient (Wildman–Crippen LogP) is 16.8. The molecule has 0 aromatic carbocycles. The molecule has 9 atom stereocenters. The number of esters is 1. The van der Waals surface area contributed by atoms with Crippen LogP contribution in [0.3, 0.4) is 0 Å². The minimum absolute atomic E-state index is 0.103. The number of fused-ring (bicyclic) bond motifs is 5. The van der Waals surface area contributed by atoms with E-state index in [1.54, 1.807) is 5.57 Å². The molecule has 0 amide bonds. The van der Waals surface area contributed by atoms with E-state index >= 15 is 0 Å². The highest BCUT2D eigenvalue weighted by molar-refractivity contribution is 5.70. The first-order valence-electron chi connectivity index (χ1n) is 25.0. The molecule has 4 aliphatic carbocycles. The van der Waals surface area contributed by atoms with Gasteiger partial charge in [0.25, 0.3) is 0 Å². The van der Waals surface area contributed by atoms with Gasteiger partial charge in [0.1, 0.15) is 6.10 Å². The highest BCUT2D eigenvalue weighted by Gasteiger charge is 2.59. The lowest BCUT2D eigenvalue weighted by Crippen LogP contribution is -2.51. The number of rotatable bonds is 28. The molecule has 0 N–H and O–H groups in total. The van der Waals surface area contributed by atoms with Crippen LogP contribution in [0.15, 0.2) is 11.6 Å². The zero-order valence-corrected chi connectivity index (χ0v) is 37.6. The molecule has 1 unspecified atom stereocenters. The lowest BCUT2D eigenvalue weighted by Gasteiger charge is -2.58. The van der Waals surface area contributed by atoms with Crippen LogP contribution in [0, 0.1) is 52.3 Å². The number of ether oxygens (including phenoxy) is 1. The summed E-state index contributed by atoms with van der Waals surface area (Å²) in [5.74, 6) is 5.87. The molecule has 0 aromatic heterocycles. The molecule has 314 valence electrons. The summed E-state index contributed by atoms with van der Waals surface area (Å²) < 4.78 is 6.43. The summed E-state index contributed by atoms with van der Waals surface area (Å²) in [7, 11) is 0. The van der Waals surface area contributed by atoms with Gasteiger partial charge in [-0.15, -0.1) is 0 Å². The monoisotopic (exact) mass is 751 g/mol. The summed E-state index contributed by atoms with van der Waals surface area (Å²) in [6.45, 7) is 17.3. The summed E-state index contributed by atoms with van der Waals surface area (Å²) in [5, 5.41) is 0. The second kappa shape index (κ2) is 24.2. The van der Waals surface area contributed by atoms with E-state index in [9.17, 15) is 4.79 Å². The van der Waals surface area contributed by atoms with Gasteiger partial charge in [0.2, 0.25) is 0 Å². The summed E-state index contributed by atoms with van der Waals surface area (Å²) in [6, 6.07) is 0.